The second-order valence-electron chi connectivity index (χ2n) is 4.21. The number of fused-ring (bicyclic) bond motifs is 1. The topological polar surface area (TPSA) is 46.0 Å². The lowest BCUT2D eigenvalue weighted by molar-refractivity contribution is 0.413. The molecule has 1 aromatic carbocycles. The third kappa shape index (κ3) is 1.57. The van der Waals surface area contributed by atoms with E-state index in [1.807, 2.05) is 6.07 Å². The van der Waals surface area contributed by atoms with E-state index in [1.165, 1.54) is 19.3 Å². The van der Waals surface area contributed by atoms with Gasteiger partial charge in [0.05, 0.1) is 11.2 Å². The number of rotatable bonds is 1. The van der Waals surface area contributed by atoms with E-state index in [0.717, 1.165) is 16.6 Å². The first-order chi connectivity index (χ1) is 7.74. The zero-order valence-corrected chi connectivity index (χ0v) is 10.2. The summed E-state index contributed by atoms with van der Waals surface area (Å²) in [7, 11) is 0. The van der Waals surface area contributed by atoms with E-state index in [2.05, 4.69) is 25.9 Å². The maximum Gasteiger partial charge on any atom is 0.197 e. The van der Waals surface area contributed by atoms with Gasteiger partial charge in [0, 0.05) is 11.3 Å². The van der Waals surface area contributed by atoms with Crippen LogP contribution in [-0.4, -0.2) is 15.1 Å². The van der Waals surface area contributed by atoms with Crippen molar-refractivity contribution < 1.29 is 5.11 Å². The van der Waals surface area contributed by atoms with Crippen molar-refractivity contribution in [2.24, 2.45) is 0 Å². The van der Waals surface area contributed by atoms with Gasteiger partial charge in [0.2, 0.25) is 0 Å². The summed E-state index contributed by atoms with van der Waals surface area (Å²) in [6.07, 6.45) is 3.65. The van der Waals surface area contributed by atoms with Gasteiger partial charge >= 0.3 is 0 Å². The Balaban J connectivity index is 2.26. The molecule has 4 heteroatoms. The van der Waals surface area contributed by atoms with Crippen molar-refractivity contribution in [2.45, 2.75) is 25.2 Å². The maximum atomic E-state index is 9.53. The molecule has 1 saturated carbocycles. The van der Waals surface area contributed by atoms with Crippen LogP contribution in [0.3, 0.4) is 0 Å². The summed E-state index contributed by atoms with van der Waals surface area (Å²) in [5.41, 5.74) is 1.96. The second kappa shape index (κ2) is 3.70. The number of halogens is 1. The molecule has 0 saturated heterocycles. The molecule has 0 spiro atoms. The van der Waals surface area contributed by atoms with Gasteiger partial charge in [0.25, 0.3) is 0 Å². The summed E-state index contributed by atoms with van der Waals surface area (Å²) in [5, 5.41) is 10.5. The molecular weight excluding hydrogens is 268 g/mol. The molecule has 2 aromatic rings. The highest BCUT2D eigenvalue weighted by atomic mass is 79.9. The highest BCUT2D eigenvalue weighted by Gasteiger charge is 2.23. The Morgan fingerprint density at radius 1 is 1.25 bits per heavy atom. The summed E-state index contributed by atoms with van der Waals surface area (Å²) in [4.78, 5) is 8.77. The molecule has 3 nitrogen and oxygen atoms in total. The third-order valence-electron chi connectivity index (χ3n) is 3.17. The van der Waals surface area contributed by atoms with Crippen molar-refractivity contribution in [3.8, 4) is 5.75 Å². The van der Waals surface area contributed by atoms with E-state index >= 15 is 0 Å². The van der Waals surface area contributed by atoms with Crippen molar-refractivity contribution in [3.63, 3.8) is 0 Å². The van der Waals surface area contributed by atoms with Crippen molar-refractivity contribution in [1.82, 2.24) is 9.97 Å². The van der Waals surface area contributed by atoms with Gasteiger partial charge in [0.15, 0.2) is 4.73 Å². The summed E-state index contributed by atoms with van der Waals surface area (Å²) in [6, 6.07) is 5.25. The Bertz CT molecular complexity index is 552. The van der Waals surface area contributed by atoms with Crippen LogP contribution >= 0.6 is 15.9 Å². The lowest BCUT2D eigenvalue weighted by atomic mass is 9.81. The Hall–Kier alpha value is -1.16. The quantitative estimate of drug-likeness (QED) is 0.814. The predicted molar refractivity (Wildman–Crippen MR) is 65.5 cm³/mol. The standard InChI is InChI=1S/C12H11BrN2O/c13-12-14-10-5-4-8(16)6-9(10)11(15-12)7-2-1-3-7/h4-7,16H,1-3H2. The lowest BCUT2D eigenvalue weighted by Gasteiger charge is -2.25. The number of phenolic OH excluding ortho intramolecular Hbond substituents is 1. The number of phenols is 1. The molecule has 0 unspecified atom stereocenters. The van der Waals surface area contributed by atoms with Crippen LogP contribution in [0.15, 0.2) is 22.9 Å². The van der Waals surface area contributed by atoms with E-state index in [-0.39, 0.29) is 5.75 Å². The first-order valence-corrected chi connectivity index (χ1v) is 6.19. The monoisotopic (exact) mass is 278 g/mol. The zero-order chi connectivity index (χ0) is 11.1. The number of aromatic hydroxyl groups is 1. The molecule has 0 atom stereocenters. The van der Waals surface area contributed by atoms with Gasteiger partial charge in [-0.05, 0) is 47.0 Å². The molecule has 1 N–H and O–H groups in total. The minimum atomic E-state index is 0.277. The fraction of sp³-hybridized carbons (Fsp3) is 0.333. The zero-order valence-electron chi connectivity index (χ0n) is 8.65. The molecule has 1 heterocycles. The highest BCUT2D eigenvalue weighted by molar-refractivity contribution is 9.10. The largest absolute Gasteiger partial charge is 0.508 e. The fourth-order valence-corrected chi connectivity index (χ4v) is 2.49. The van der Waals surface area contributed by atoms with Crippen molar-refractivity contribution in [3.05, 3.63) is 28.6 Å². The van der Waals surface area contributed by atoms with E-state index in [4.69, 9.17) is 0 Å². The Morgan fingerprint density at radius 2 is 2.06 bits per heavy atom. The summed E-state index contributed by atoms with van der Waals surface area (Å²) < 4.78 is 0.632. The summed E-state index contributed by atoms with van der Waals surface area (Å²) in [6.45, 7) is 0. The minimum absolute atomic E-state index is 0.277. The Labute approximate surface area is 102 Å². The highest BCUT2D eigenvalue weighted by Crippen LogP contribution is 2.39. The Kier molecular flexibility index (Phi) is 2.32. The van der Waals surface area contributed by atoms with Gasteiger partial charge in [0.1, 0.15) is 5.75 Å². The number of hydrogen-bond donors (Lipinski definition) is 1. The van der Waals surface area contributed by atoms with Crippen LogP contribution in [0.5, 0.6) is 5.75 Å². The number of benzene rings is 1. The van der Waals surface area contributed by atoms with E-state index < -0.39 is 0 Å². The van der Waals surface area contributed by atoms with E-state index in [1.54, 1.807) is 12.1 Å². The summed E-state index contributed by atoms with van der Waals surface area (Å²) in [5.74, 6) is 0.808. The molecule has 0 amide bonds. The SMILES string of the molecule is Oc1ccc2nc(Br)nc(C3CCC3)c2c1. The van der Waals surface area contributed by atoms with Crippen LogP contribution in [0, 0.1) is 0 Å². The van der Waals surface area contributed by atoms with Gasteiger partial charge in [-0.25, -0.2) is 9.97 Å². The molecule has 0 radical (unpaired) electrons. The first kappa shape index (κ1) is 10.0. The molecule has 82 valence electrons. The number of hydrogen-bond acceptors (Lipinski definition) is 3. The maximum absolute atomic E-state index is 9.53. The first-order valence-electron chi connectivity index (χ1n) is 5.40. The third-order valence-corrected chi connectivity index (χ3v) is 3.53. The van der Waals surface area contributed by atoms with Crippen LogP contribution in [-0.2, 0) is 0 Å². The van der Waals surface area contributed by atoms with Crippen LogP contribution in [0.1, 0.15) is 30.9 Å². The van der Waals surface area contributed by atoms with Gasteiger partial charge < -0.3 is 5.11 Å². The van der Waals surface area contributed by atoms with E-state index in [0.29, 0.717) is 10.7 Å². The van der Waals surface area contributed by atoms with Gasteiger partial charge in [-0.2, -0.15) is 0 Å². The minimum Gasteiger partial charge on any atom is -0.508 e. The molecule has 3 rings (SSSR count). The average molecular weight is 279 g/mol. The molecule has 1 aliphatic rings. The molecular formula is C12H11BrN2O. The van der Waals surface area contributed by atoms with Gasteiger partial charge in [-0.15, -0.1) is 0 Å². The van der Waals surface area contributed by atoms with Crippen LogP contribution < -0.4 is 0 Å². The van der Waals surface area contributed by atoms with Crippen molar-refractivity contribution in [1.29, 1.82) is 0 Å². The van der Waals surface area contributed by atoms with Crippen LogP contribution in [0.4, 0.5) is 0 Å². The molecule has 1 fully saturated rings. The van der Waals surface area contributed by atoms with Crippen molar-refractivity contribution in [2.75, 3.05) is 0 Å². The molecule has 1 aromatic heterocycles. The average Bonchev–Trinajstić information content (AvgIpc) is 2.16. The van der Waals surface area contributed by atoms with Crippen molar-refractivity contribution >= 4 is 26.8 Å². The van der Waals surface area contributed by atoms with Gasteiger partial charge in [-0.3, -0.25) is 0 Å². The van der Waals surface area contributed by atoms with E-state index in [9.17, 15) is 5.11 Å². The molecule has 0 aliphatic heterocycles. The Morgan fingerprint density at radius 3 is 2.75 bits per heavy atom. The number of aromatic nitrogens is 2. The fourth-order valence-electron chi connectivity index (χ4n) is 2.10. The predicted octanol–water partition coefficient (Wildman–Crippen LogP) is 3.37. The summed E-state index contributed by atoms with van der Waals surface area (Å²) >= 11 is 3.34. The molecule has 0 bridgehead atoms. The number of nitrogens with zero attached hydrogens (tertiary/aromatic N) is 2. The lowest BCUT2D eigenvalue weighted by Crippen LogP contribution is -2.11. The van der Waals surface area contributed by atoms with Gasteiger partial charge in [-0.1, -0.05) is 6.42 Å². The van der Waals surface area contributed by atoms with Crippen LogP contribution in [0.2, 0.25) is 0 Å². The smallest absolute Gasteiger partial charge is 0.197 e. The normalized spacial score (nSPS) is 16.3. The molecule has 1 aliphatic carbocycles. The second-order valence-corrected chi connectivity index (χ2v) is 4.92. The molecule has 16 heavy (non-hydrogen) atoms. The van der Waals surface area contributed by atoms with Crippen LogP contribution in [0.25, 0.3) is 10.9 Å².